The maximum absolute atomic E-state index is 12.6. The van der Waals surface area contributed by atoms with Crippen LogP contribution in [0.1, 0.15) is 22.3 Å². The third-order valence-electron chi connectivity index (χ3n) is 3.80. The zero-order chi connectivity index (χ0) is 19.4. The van der Waals surface area contributed by atoms with Gasteiger partial charge >= 0.3 is 5.97 Å². The van der Waals surface area contributed by atoms with Gasteiger partial charge in [-0.05, 0) is 31.2 Å². The lowest BCUT2D eigenvalue weighted by molar-refractivity contribution is -0.139. The van der Waals surface area contributed by atoms with Gasteiger partial charge in [-0.1, -0.05) is 47.7 Å². The molecule has 1 aliphatic rings. The SMILES string of the molecule is Cc1ccc(C(=O)NN2C(=O)[C@H](CC(=O)O)SC2=Nc2ccccc2)cc1. The summed E-state index contributed by atoms with van der Waals surface area (Å²) in [5.74, 6) is -2.08. The number of hydrogen-bond donors (Lipinski definition) is 2. The molecule has 2 amide bonds. The second-order valence-corrected chi connectivity index (χ2v) is 7.08. The summed E-state index contributed by atoms with van der Waals surface area (Å²) in [6, 6.07) is 15.8. The Hall–Kier alpha value is -3.13. The fourth-order valence-electron chi connectivity index (χ4n) is 2.42. The molecule has 3 rings (SSSR count). The first-order chi connectivity index (χ1) is 12.9. The molecule has 1 saturated heterocycles. The number of carbonyl (C=O) groups is 3. The smallest absolute Gasteiger partial charge is 0.305 e. The number of aryl methyl sites for hydroxylation is 1. The highest BCUT2D eigenvalue weighted by atomic mass is 32.2. The van der Waals surface area contributed by atoms with Crippen LogP contribution in [0.3, 0.4) is 0 Å². The highest BCUT2D eigenvalue weighted by Crippen LogP contribution is 2.30. The van der Waals surface area contributed by atoms with Crippen molar-refractivity contribution >= 4 is 40.4 Å². The largest absolute Gasteiger partial charge is 0.481 e. The van der Waals surface area contributed by atoms with E-state index in [1.54, 1.807) is 48.5 Å². The first-order valence-corrected chi connectivity index (χ1v) is 9.06. The minimum Gasteiger partial charge on any atom is -0.481 e. The van der Waals surface area contributed by atoms with Crippen molar-refractivity contribution in [1.29, 1.82) is 0 Å². The van der Waals surface area contributed by atoms with Crippen molar-refractivity contribution in [2.24, 2.45) is 4.99 Å². The minimum atomic E-state index is -1.09. The summed E-state index contributed by atoms with van der Waals surface area (Å²) in [6.45, 7) is 1.91. The number of carboxylic acids is 1. The van der Waals surface area contributed by atoms with Gasteiger partial charge in [0.05, 0.1) is 12.1 Å². The monoisotopic (exact) mass is 383 g/mol. The van der Waals surface area contributed by atoms with Gasteiger partial charge in [0.2, 0.25) is 0 Å². The predicted molar refractivity (Wildman–Crippen MR) is 103 cm³/mol. The summed E-state index contributed by atoms with van der Waals surface area (Å²) < 4.78 is 0. The standard InChI is InChI=1S/C19H17N3O4S/c1-12-7-9-13(10-8-12)17(25)21-22-18(26)15(11-16(23)24)27-19(22)20-14-5-3-2-4-6-14/h2-10,15H,11H2,1H3,(H,21,25)(H,23,24)/t15-/m0/s1. The normalized spacial score (nSPS) is 18.0. The molecule has 0 unspecified atom stereocenters. The van der Waals surface area contributed by atoms with Gasteiger partial charge in [0.15, 0.2) is 5.17 Å². The minimum absolute atomic E-state index is 0.234. The van der Waals surface area contributed by atoms with E-state index in [0.29, 0.717) is 11.3 Å². The van der Waals surface area contributed by atoms with Crippen LogP contribution in [0.15, 0.2) is 59.6 Å². The summed E-state index contributed by atoms with van der Waals surface area (Å²) in [5, 5.41) is 9.45. The summed E-state index contributed by atoms with van der Waals surface area (Å²) in [5.41, 5.74) is 4.53. The number of carboxylic acid groups (broad SMARTS) is 1. The van der Waals surface area contributed by atoms with E-state index in [1.165, 1.54) is 0 Å². The van der Waals surface area contributed by atoms with Gasteiger partial charge < -0.3 is 5.11 Å². The molecule has 2 aromatic carbocycles. The molecule has 138 valence electrons. The van der Waals surface area contributed by atoms with Crippen LogP contribution in [-0.4, -0.2) is 38.3 Å². The quantitative estimate of drug-likeness (QED) is 0.827. The van der Waals surface area contributed by atoms with Gasteiger partial charge in [-0.15, -0.1) is 0 Å². The van der Waals surface area contributed by atoms with Crippen LogP contribution in [0, 0.1) is 6.92 Å². The number of hydrogen-bond acceptors (Lipinski definition) is 5. The van der Waals surface area contributed by atoms with Crippen LogP contribution in [0.5, 0.6) is 0 Å². The second-order valence-electron chi connectivity index (χ2n) is 5.91. The van der Waals surface area contributed by atoms with Crippen LogP contribution in [0.2, 0.25) is 0 Å². The summed E-state index contributed by atoms with van der Waals surface area (Å²) in [7, 11) is 0. The van der Waals surface area contributed by atoms with Gasteiger partial charge in [-0.25, -0.2) is 4.99 Å². The van der Waals surface area contributed by atoms with E-state index in [9.17, 15) is 14.4 Å². The Kier molecular flexibility index (Phi) is 5.56. The fourth-order valence-corrected chi connectivity index (χ4v) is 3.51. The molecule has 0 aliphatic carbocycles. The number of rotatable bonds is 5. The van der Waals surface area contributed by atoms with Gasteiger partial charge in [0.25, 0.3) is 11.8 Å². The number of para-hydroxylation sites is 1. The Bertz CT molecular complexity index is 897. The van der Waals surface area contributed by atoms with Crippen molar-refractivity contribution < 1.29 is 19.5 Å². The molecule has 0 radical (unpaired) electrons. The molecule has 7 nitrogen and oxygen atoms in total. The Morgan fingerprint density at radius 3 is 2.44 bits per heavy atom. The van der Waals surface area contributed by atoms with Crippen LogP contribution in [-0.2, 0) is 9.59 Å². The average Bonchev–Trinajstić information content (AvgIpc) is 2.91. The first kappa shape index (κ1) is 18.7. The topological polar surface area (TPSA) is 99.1 Å². The number of nitrogens with zero attached hydrogens (tertiary/aromatic N) is 2. The van der Waals surface area contributed by atoms with E-state index < -0.39 is 23.0 Å². The average molecular weight is 383 g/mol. The fraction of sp³-hybridized carbons (Fsp3) is 0.158. The second kappa shape index (κ2) is 8.05. The van der Waals surface area contributed by atoms with Crippen molar-refractivity contribution in [2.45, 2.75) is 18.6 Å². The lowest BCUT2D eigenvalue weighted by Gasteiger charge is -2.17. The third kappa shape index (κ3) is 4.53. The molecular formula is C19H17N3O4S. The molecule has 2 N–H and O–H groups in total. The van der Waals surface area contributed by atoms with Crippen molar-refractivity contribution in [2.75, 3.05) is 0 Å². The Morgan fingerprint density at radius 2 is 1.81 bits per heavy atom. The lowest BCUT2D eigenvalue weighted by Crippen LogP contribution is -2.46. The lowest BCUT2D eigenvalue weighted by atomic mass is 10.1. The van der Waals surface area contributed by atoms with Crippen molar-refractivity contribution in [3.63, 3.8) is 0 Å². The number of nitrogens with one attached hydrogen (secondary N) is 1. The molecule has 0 bridgehead atoms. The third-order valence-corrected chi connectivity index (χ3v) is 4.94. The van der Waals surface area contributed by atoms with Gasteiger partial charge in [-0.3, -0.25) is 19.8 Å². The van der Waals surface area contributed by atoms with E-state index in [4.69, 9.17) is 5.11 Å². The number of hydrazine groups is 1. The molecular weight excluding hydrogens is 366 g/mol. The molecule has 0 spiro atoms. The molecule has 8 heteroatoms. The number of amides is 2. The molecule has 0 saturated carbocycles. The molecule has 1 atom stereocenters. The van der Waals surface area contributed by atoms with E-state index in [-0.39, 0.29) is 11.6 Å². The highest BCUT2D eigenvalue weighted by molar-refractivity contribution is 8.15. The molecule has 27 heavy (non-hydrogen) atoms. The number of benzene rings is 2. The molecule has 2 aromatic rings. The number of aliphatic carboxylic acids is 1. The zero-order valence-corrected chi connectivity index (χ0v) is 15.3. The molecule has 1 fully saturated rings. The first-order valence-electron chi connectivity index (χ1n) is 8.18. The van der Waals surface area contributed by atoms with E-state index >= 15 is 0 Å². The number of aliphatic imine (C=N–C) groups is 1. The van der Waals surface area contributed by atoms with Crippen LogP contribution >= 0.6 is 11.8 Å². The van der Waals surface area contributed by atoms with Crippen LogP contribution in [0.4, 0.5) is 5.69 Å². The molecule has 1 aliphatic heterocycles. The van der Waals surface area contributed by atoms with Crippen molar-refractivity contribution in [3.05, 3.63) is 65.7 Å². The summed E-state index contributed by atoms with van der Waals surface area (Å²) in [6.07, 6.45) is -0.353. The predicted octanol–water partition coefficient (Wildman–Crippen LogP) is 2.75. The van der Waals surface area contributed by atoms with Crippen LogP contribution < -0.4 is 5.43 Å². The number of carbonyl (C=O) groups excluding carboxylic acids is 2. The molecule has 1 heterocycles. The highest BCUT2D eigenvalue weighted by Gasteiger charge is 2.40. The van der Waals surface area contributed by atoms with Gasteiger partial charge in [0.1, 0.15) is 5.25 Å². The van der Waals surface area contributed by atoms with Crippen LogP contribution in [0.25, 0.3) is 0 Å². The summed E-state index contributed by atoms with van der Waals surface area (Å²) >= 11 is 1.02. The van der Waals surface area contributed by atoms with Gasteiger partial charge in [-0.2, -0.15) is 5.01 Å². The van der Waals surface area contributed by atoms with E-state index in [2.05, 4.69) is 10.4 Å². The summed E-state index contributed by atoms with van der Waals surface area (Å²) in [4.78, 5) is 40.5. The van der Waals surface area contributed by atoms with E-state index in [0.717, 1.165) is 22.3 Å². The van der Waals surface area contributed by atoms with E-state index in [1.807, 2.05) is 13.0 Å². The zero-order valence-electron chi connectivity index (χ0n) is 14.5. The Morgan fingerprint density at radius 1 is 1.15 bits per heavy atom. The maximum Gasteiger partial charge on any atom is 0.305 e. The number of amidine groups is 1. The maximum atomic E-state index is 12.6. The van der Waals surface area contributed by atoms with Crippen molar-refractivity contribution in [1.82, 2.24) is 10.4 Å². The Labute approximate surface area is 160 Å². The Balaban J connectivity index is 1.86. The van der Waals surface area contributed by atoms with Gasteiger partial charge in [0, 0.05) is 5.56 Å². The number of thioether (sulfide) groups is 1. The van der Waals surface area contributed by atoms with Crippen molar-refractivity contribution in [3.8, 4) is 0 Å². The molecule has 0 aromatic heterocycles.